The van der Waals surface area contributed by atoms with Crippen molar-refractivity contribution in [1.29, 1.82) is 0 Å². The standard InChI is InChI=1S/C17H16BrNO5/c1-3-22-16-13(17(21)23-4-2)6-8-15(19-16)24-12-5-7-14(18)11(9-12)10-20/h5-10H,3-4H2,1-2H3. The van der Waals surface area contributed by atoms with Gasteiger partial charge in [-0.15, -0.1) is 0 Å². The fourth-order valence-electron chi connectivity index (χ4n) is 1.89. The third kappa shape index (κ3) is 4.32. The maximum atomic E-state index is 11.9. The number of carbonyl (C=O) groups excluding carboxylic acids is 2. The Morgan fingerprint density at radius 1 is 1.21 bits per heavy atom. The number of aromatic nitrogens is 1. The second kappa shape index (κ2) is 8.44. The van der Waals surface area contributed by atoms with Gasteiger partial charge in [0.15, 0.2) is 6.29 Å². The summed E-state index contributed by atoms with van der Waals surface area (Å²) in [5.74, 6) is 0.317. The van der Waals surface area contributed by atoms with Crippen LogP contribution in [0.15, 0.2) is 34.8 Å². The van der Waals surface area contributed by atoms with Crippen LogP contribution in [-0.2, 0) is 4.74 Å². The number of aldehydes is 1. The molecule has 0 aliphatic rings. The van der Waals surface area contributed by atoms with Gasteiger partial charge < -0.3 is 14.2 Å². The van der Waals surface area contributed by atoms with Crippen molar-refractivity contribution in [3.05, 3.63) is 45.9 Å². The summed E-state index contributed by atoms with van der Waals surface area (Å²) in [4.78, 5) is 27.1. The van der Waals surface area contributed by atoms with Crippen molar-refractivity contribution in [3.63, 3.8) is 0 Å². The van der Waals surface area contributed by atoms with Crippen molar-refractivity contribution in [2.24, 2.45) is 0 Å². The second-order valence-corrected chi connectivity index (χ2v) is 5.41. The van der Waals surface area contributed by atoms with E-state index in [1.807, 2.05) is 0 Å². The average molecular weight is 394 g/mol. The number of halogens is 1. The zero-order chi connectivity index (χ0) is 17.5. The van der Waals surface area contributed by atoms with E-state index in [0.29, 0.717) is 22.4 Å². The maximum Gasteiger partial charge on any atom is 0.343 e. The molecule has 0 aliphatic heterocycles. The number of rotatable bonds is 7. The topological polar surface area (TPSA) is 74.7 Å². The van der Waals surface area contributed by atoms with Crippen molar-refractivity contribution in [3.8, 4) is 17.5 Å². The lowest BCUT2D eigenvalue weighted by Gasteiger charge is -2.11. The molecule has 0 unspecified atom stereocenters. The monoisotopic (exact) mass is 393 g/mol. The molecule has 0 saturated carbocycles. The molecule has 0 spiro atoms. The SMILES string of the molecule is CCOC(=O)c1ccc(Oc2ccc(Br)c(C=O)c2)nc1OCC. The van der Waals surface area contributed by atoms with Gasteiger partial charge in [0.25, 0.3) is 0 Å². The van der Waals surface area contributed by atoms with Crippen molar-refractivity contribution < 1.29 is 23.8 Å². The summed E-state index contributed by atoms with van der Waals surface area (Å²) in [5.41, 5.74) is 0.691. The molecule has 0 N–H and O–H groups in total. The Kier molecular flexibility index (Phi) is 6.31. The largest absolute Gasteiger partial charge is 0.477 e. The molecule has 0 radical (unpaired) electrons. The predicted octanol–water partition coefficient (Wildman–Crippen LogP) is 4.02. The van der Waals surface area contributed by atoms with Crippen LogP contribution < -0.4 is 9.47 Å². The minimum atomic E-state index is -0.508. The molecule has 0 bridgehead atoms. The molecular formula is C17H16BrNO5. The number of benzene rings is 1. The Morgan fingerprint density at radius 3 is 2.67 bits per heavy atom. The van der Waals surface area contributed by atoms with Gasteiger partial charge in [-0.05, 0) is 38.1 Å². The predicted molar refractivity (Wildman–Crippen MR) is 91.0 cm³/mol. The Bertz CT molecular complexity index is 748. The van der Waals surface area contributed by atoms with Crippen LogP contribution in [0.2, 0.25) is 0 Å². The van der Waals surface area contributed by atoms with Gasteiger partial charge in [-0.1, -0.05) is 15.9 Å². The fraction of sp³-hybridized carbons (Fsp3) is 0.235. The lowest BCUT2D eigenvalue weighted by Crippen LogP contribution is -2.09. The highest BCUT2D eigenvalue weighted by Crippen LogP contribution is 2.27. The fourth-order valence-corrected chi connectivity index (χ4v) is 2.23. The van der Waals surface area contributed by atoms with Crippen LogP contribution in [0, 0.1) is 0 Å². The van der Waals surface area contributed by atoms with E-state index in [1.54, 1.807) is 32.0 Å². The molecule has 1 aromatic heterocycles. The number of carbonyl (C=O) groups is 2. The van der Waals surface area contributed by atoms with Crippen molar-refractivity contribution in [1.82, 2.24) is 4.98 Å². The Hall–Kier alpha value is -2.41. The highest BCUT2D eigenvalue weighted by Gasteiger charge is 2.17. The molecule has 126 valence electrons. The summed E-state index contributed by atoms with van der Waals surface area (Å²) in [6.07, 6.45) is 0.722. The Balaban J connectivity index is 2.29. The van der Waals surface area contributed by atoms with Crippen LogP contribution in [0.4, 0.5) is 0 Å². The summed E-state index contributed by atoms with van der Waals surface area (Å²) < 4.78 is 16.7. The number of hydrogen-bond donors (Lipinski definition) is 0. The van der Waals surface area contributed by atoms with Crippen LogP contribution in [-0.4, -0.2) is 30.5 Å². The first kappa shape index (κ1) is 17.9. The zero-order valence-corrected chi connectivity index (χ0v) is 14.8. The van der Waals surface area contributed by atoms with Gasteiger partial charge in [0.05, 0.1) is 13.2 Å². The van der Waals surface area contributed by atoms with Gasteiger partial charge in [-0.25, -0.2) is 4.79 Å². The number of pyridine rings is 1. The van der Waals surface area contributed by atoms with Crippen molar-refractivity contribution in [2.75, 3.05) is 13.2 Å². The molecule has 6 nitrogen and oxygen atoms in total. The molecule has 0 fully saturated rings. The first-order chi connectivity index (χ1) is 11.6. The van der Waals surface area contributed by atoms with Crippen LogP contribution in [0.25, 0.3) is 0 Å². The maximum absolute atomic E-state index is 11.9. The number of esters is 1. The minimum Gasteiger partial charge on any atom is -0.477 e. The molecule has 24 heavy (non-hydrogen) atoms. The van der Waals surface area contributed by atoms with E-state index in [1.165, 1.54) is 12.1 Å². The van der Waals surface area contributed by atoms with Gasteiger partial charge >= 0.3 is 5.97 Å². The highest BCUT2D eigenvalue weighted by atomic mass is 79.9. The molecule has 2 aromatic rings. The van der Waals surface area contributed by atoms with Gasteiger partial charge in [-0.3, -0.25) is 4.79 Å². The highest BCUT2D eigenvalue weighted by molar-refractivity contribution is 9.10. The summed E-state index contributed by atoms with van der Waals surface area (Å²) in [6, 6.07) is 8.05. The van der Waals surface area contributed by atoms with Crippen molar-refractivity contribution in [2.45, 2.75) is 13.8 Å². The summed E-state index contributed by atoms with van der Waals surface area (Å²) in [5, 5.41) is 0. The molecule has 0 atom stereocenters. The van der Waals surface area contributed by atoms with E-state index in [4.69, 9.17) is 14.2 Å². The molecule has 7 heteroatoms. The molecular weight excluding hydrogens is 378 g/mol. The number of ether oxygens (including phenoxy) is 3. The third-order valence-corrected chi connectivity index (χ3v) is 3.65. The van der Waals surface area contributed by atoms with Gasteiger partial charge in [0.2, 0.25) is 11.8 Å². The van der Waals surface area contributed by atoms with Crippen LogP contribution in [0.3, 0.4) is 0 Å². The molecule has 0 saturated heterocycles. The quantitative estimate of drug-likeness (QED) is 0.522. The number of nitrogens with zero attached hydrogens (tertiary/aromatic N) is 1. The van der Waals surface area contributed by atoms with Gasteiger partial charge in [0, 0.05) is 16.1 Å². The third-order valence-electron chi connectivity index (χ3n) is 2.93. The Morgan fingerprint density at radius 2 is 2.00 bits per heavy atom. The summed E-state index contributed by atoms with van der Waals surface area (Å²) in [7, 11) is 0. The average Bonchev–Trinajstić information content (AvgIpc) is 2.57. The zero-order valence-electron chi connectivity index (χ0n) is 13.2. The van der Waals surface area contributed by atoms with E-state index in [2.05, 4.69) is 20.9 Å². The minimum absolute atomic E-state index is 0.140. The van der Waals surface area contributed by atoms with Gasteiger partial charge in [-0.2, -0.15) is 4.98 Å². The van der Waals surface area contributed by atoms with E-state index >= 15 is 0 Å². The van der Waals surface area contributed by atoms with E-state index in [9.17, 15) is 9.59 Å². The second-order valence-electron chi connectivity index (χ2n) is 4.56. The van der Waals surface area contributed by atoms with Crippen LogP contribution in [0.1, 0.15) is 34.6 Å². The van der Waals surface area contributed by atoms with Gasteiger partial charge in [0.1, 0.15) is 11.3 Å². The number of hydrogen-bond acceptors (Lipinski definition) is 6. The smallest absolute Gasteiger partial charge is 0.343 e. The van der Waals surface area contributed by atoms with E-state index in [-0.39, 0.29) is 23.9 Å². The van der Waals surface area contributed by atoms with Crippen LogP contribution >= 0.6 is 15.9 Å². The Labute approximate surface area is 147 Å². The summed E-state index contributed by atoms with van der Waals surface area (Å²) >= 11 is 3.27. The first-order valence-electron chi connectivity index (χ1n) is 7.32. The lowest BCUT2D eigenvalue weighted by atomic mass is 10.2. The molecule has 1 heterocycles. The summed E-state index contributed by atoms with van der Waals surface area (Å²) in [6.45, 7) is 4.11. The molecule has 0 aliphatic carbocycles. The van der Waals surface area contributed by atoms with E-state index in [0.717, 1.165) is 6.29 Å². The molecule has 0 amide bonds. The van der Waals surface area contributed by atoms with Crippen LogP contribution in [0.5, 0.6) is 17.5 Å². The lowest BCUT2D eigenvalue weighted by molar-refractivity contribution is 0.0520. The molecule has 2 rings (SSSR count). The molecule has 1 aromatic carbocycles. The van der Waals surface area contributed by atoms with E-state index < -0.39 is 5.97 Å². The first-order valence-corrected chi connectivity index (χ1v) is 8.11. The van der Waals surface area contributed by atoms with Crippen molar-refractivity contribution >= 4 is 28.2 Å². The normalized spacial score (nSPS) is 10.1.